The third-order valence-electron chi connectivity index (χ3n) is 2.97. The maximum atomic E-state index is 12.6. The molecule has 0 radical (unpaired) electrons. The summed E-state index contributed by atoms with van der Waals surface area (Å²) in [7, 11) is 0. The van der Waals surface area contributed by atoms with E-state index in [1.165, 1.54) is 18.2 Å². The molecule has 1 heterocycles. The minimum absolute atomic E-state index is 0.0883. The number of nitro benzene ring substituents is 1. The van der Waals surface area contributed by atoms with Crippen LogP contribution in [-0.4, -0.2) is 19.8 Å². The van der Waals surface area contributed by atoms with E-state index in [0.717, 1.165) is 6.07 Å². The Labute approximate surface area is 126 Å². The topological polar surface area (TPSA) is 98.3 Å². The number of aliphatic hydroxyl groups is 1. The lowest BCUT2D eigenvalue weighted by molar-refractivity contribution is -0.385. The second kappa shape index (κ2) is 6.16. The summed E-state index contributed by atoms with van der Waals surface area (Å²) in [5.41, 5.74) is -2.30. The third kappa shape index (κ3) is 3.92. The SMILES string of the molecule is O=c1ccc(C(F)(F)F)nn1CC(O)c1cccc([N+](=O)[O-])c1. The number of hydrogen-bond donors (Lipinski definition) is 1. The molecule has 0 aliphatic rings. The summed E-state index contributed by atoms with van der Waals surface area (Å²) in [5.74, 6) is 0. The molecular formula is C13H10F3N3O4. The normalized spacial score (nSPS) is 12.9. The van der Waals surface area contributed by atoms with Crippen molar-refractivity contribution in [1.29, 1.82) is 0 Å². The average Bonchev–Trinajstić information content (AvgIpc) is 2.48. The number of halogens is 3. The first kappa shape index (κ1) is 16.6. The molecule has 7 nitrogen and oxygen atoms in total. The van der Waals surface area contributed by atoms with Gasteiger partial charge >= 0.3 is 6.18 Å². The molecule has 1 aromatic heterocycles. The Morgan fingerprint density at radius 2 is 2.00 bits per heavy atom. The summed E-state index contributed by atoms with van der Waals surface area (Å²) < 4.78 is 38.2. The fourth-order valence-corrected chi connectivity index (χ4v) is 1.85. The number of benzene rings is 1. The van der Waals surface area contributed by atoms with Crippen molar-refractivity contribution >= 4 is 5.69 Å². The van der Waals surface area contributed by atoms with Gasteiger partial charge in [0.2, 0.25) is 0 Å². The van der Waals surface area contributed by atoms with Crippen molar-refractivity contribution in [3.05, 3.63) is 68.1 Å². The molecule has 2 aromatic rings. The summed E-state index contributed by atoms with van der Waals surface area (Å²) in [6.45, 7) is -0.566. The number of non-ortho nitro benzene ring substituents is 1. The van der Waals surface area contributed by atoms with Gasteiger partial charge in [-0.3, -0.25) is 14.9 Å². The molecule has 0 spiro atoms. The molecule has 122 valence electrons. The maximum Gasteiger partial charge on any atom is 0.435 e. The Hall–Kier alpha value is -2.75. The number of nitrogens with zero attached hydrogens (tertiary/aromatic N) is 3. The van der Waals surface area contributed by atoms with Crippen LogP contribution < -0.4 is 5.56 Å². The van der Waals surface area contributed by atoms with Crippen LogP contribution >= 0.6 is 0 Å². The molecule has 2 rings (SSSR count). The molecule has 1 atom stereocenters. The predicted molar refractivity (Wildman–Crippen MR) is 71.6 cm³/mol. The molecule has 0 aliphatic carbocycles. The minimum atomic E-state index is -4.73. The van der Waals surface area contributed by atoms with Gasteiger partial charge in [-0.1, -0.05) is 12.1 Å². The van der Waals surface area contributed by atoms with E-state index in [9.17, 15) is 33.2 Å². The first-order valence-corrected chi connectivity index (χ1v) is 6.26. The Morgan fingerprint density at radius 1 is 1.30 bits per heavy atom. The van der Waals surface area contributed by atoms with Gasteiger partial charge in [0.15, 0.2) is 5.69 Å². The van der Waals surface area contributed by atoms with Gasteiger partial charge in [-0.15, -0.1) is 0 Å². The molecule has 0 amide bonds. The van der Waals surface area contributed by atoms with Crippen LogP contribution in [0.25, 0.3) is 0 Å². The quantitative estimate of drug-likeness (QED) is 0.682. The molecule has 0 aliphatic heterocycles. The largest absolute Gasteiger partial charge is 0.435 e. The van der Waals surface area contributed by atoms with Crippen molar-refractivity contribution in [2.45, 2.75) is 18.8 Å². The van der Waals surface area contributed by atoms with Crippen molar-refractivity contribution in [1.82, 2.24) is 9.78 Å². The third-order valence-corrected chi connectivity index (χ3v) is 2.97. The summed E-state index contributed by atoms with van der Waals surface area (Å²) in [6, 6.07) is 6.18. The van der Waals surface area contributed by atoms with Gasteiger partial charge in [0.05, 0.1) is 17.6 Å². The number of nitro groups is 1. The lowest BCUT2D eigenvalue weighted by atomic mass is 10.1. The minimum Gasteiger partial charge on any atom is -0.386 e. The van der Waals surface area contributed by atoms with Gasteiger partial charge in [0.25, 0.3) is 11.2 Å². The molecule has 0 fully saturated rings. The highest BCUT2D eigenvalue weighted by atomic mass is 19.4. The van der Waals surface area contributed by atoms with Gasteiger partial charge in [0.1, 0.15) is 0 Å². The van der Waals surface area contributed by atoms with Crippen LogP contribution in [0.5, 0.6) is 0 Å². The van der Waals surface area contributed by atoms with Gasteiger partial charge in [-0.25, -0.2) is 4.68 Å². The van der Waals surface area contributed by atoms with Crippen molar-refractivity contribution in [3.63, 3.8) is 0 Å². The first-order chi connectivity index (χ1) is 10.7. The highest BCUT2D eigenvalue weighted by molar-refractivity contribution is 5.35. The Kier molecular flexibility index (Phi) is 4.45. The van der Waals surface area contributed by atoms with E-state index >= 15 is 0 Å². The summed E-state index contributed by atoms with van der Waals surface area (Å²) in [4.78, 5) is 21.6. The van der Waals surface area contributed by atoms with Crippen LogP contribution in [-0.2, 0) is 12.7 Å². The zero-order valence-corrected chi connectivity index (χ0v) is 11.4. The summed E-state index contributed by atoms with van der Waals surface area (Å²) in [6.07, 6.45) is -6.16. The van der Waals surface area contributed by atoms with Gasteiger partial charge in [0, 0.05) is 18.2 Å². The van der Waals surface area contributed by atoms with Crippen molar-refractivity contribution in [2.75, 3.05) is 0 Å². The molecule has 23 heavy (non-hydrogen) atoms. The standard InChI is InChI=1S/C13H10F3N3O4/c14-13(15,16)11-4-5-12(21)18(17-11)7-10(20)8-2-1-3-9(6-8)19(22)23/h1-6,10,20H,7H2. The molecule has 10 heteroatoms. The van der Waals surface area contributed by atoms with Crippen LogP contribution in [0.4, 0.5) is 18.9 Å². The molecule has 0 saturated carbocycles. The number of hydrogen-bond acceptors (Lipinski definition) is 5. The van der Waals surface area contributed by atoms with E-state index in [0.29, 0.717) is 16.8 Å². The highest BCUT2D eigenvalue weighted by Crippen LogP contribution is 2.26. The Bertz CT molecular complexity index is 789. The Morgan fingerprint density at radius 3 is 2.61 bits per heavy atom. The van der Waals surface area contributed by atoms with Crippen LogP contribution in [0.3, 0.4) is 0 Å². The van der Waals surface area contributed by atoms with E-state index in [4.69, 9.17) is 0 Å². The van der Waals surface area contributed by atoms with Gasteiger partial charge < -0.3 is 5.11 Å². The lowest BCUT2D eigenvalue weighted by Gasteiger charge is -2.13. The number of aliphatic hydroxyl groups excluding tert-OH is 1. The molecule has 1 unspecified atom stereocenters. The fourth-order valence-electron chi connectivity index (χ4n) is 1.85. The van der Waals surface area contributed by atoms with Crippen molar-refractivity contribution in [3.8, 4) is 0 Å². The zero-order valence-electron chi connectivity index (χ0n) is 11.4. The molecule has 0 bridgehead atoms. The smallest absolute Gasteiger partial charge is 0.386 e. The van der Waals surface area contributed by atoms with Gasteiger partial charge in [-0.05, 0) is 11.6 Å². The van der Waals surface area contributed by atoms with Crippen LogP contribution in [0.15, 0.2) is 41.2 Å². The Balaban J connectivity index is 2.30. The van der Waals surface area contributed by atoms with E-state index < -0.39 is 35.0 Å². The van der Waals surface area contributed by atoms with Crippen LogP contribution in [0.1, 0.15) is 17.4 Å². The molecule has 1 N–H and O–H groups in total. The maximum absolute atomic E-state index is 12.6. The zero-order chi connectivity index (χ0) is 17.2. The summed E-state index contributed by atoms with van der Waals surface area (Å²) >= 11 is 0. The monoisotopic (exact) mass is 329 g/mol. The van der Waals surface area contributed by atoms with E-state index in [2.05, 4.69) is 5.10 Å². The second-order valence-electron chi connectivity index (χ2n) is 4.60. The molecule has 1 aromatic carbocycles. The van der Waals surface area contributed by atoms with E-state index in [1.54, 1.807) is 0 Å². The summed E-state index contributed by atoms with van der Waals surface area (Å²) in [5, 5.41) is 23.8. The number of aromatic nitrogens is 2. The van der Waals surface area contributed by atoms with Crippen LogP contribution in [0.2, 0.25) is 0 Å². The lowest BCUT2D eigenvalue weighted by Crippen LogP contribution is -2.28. The predicted octanol–water partition coefficient (Wildman–Crippen LogP) is 1.90. The van der Waals surface area contributed by atoms with Gasteiger partial charge in [-0.2, -0.15) is 18.3 Å². The van der Waals surface area contributed by atoms with Crippen LogP contribution in [0, 0.1) is 10.1 Å². The first-order valence-electron chi connectivity index (χ1n) is 6.26. The number of rotatable bonds is 4. The number of alkyl halides is 3. The van der Waals surface area contributed by atoms with Crippen molar-refractivity contribution < 1.29 is 23.2 Å². The second-order valence-corrected chi connectivity index (χ2v) is 4.60. The fraction of sp³-hybridized carbons (Fsp3) is 0.231. The molecule has 0 saturated heterocycles. The van der Waals surface area contributed by atoms with E-state index in [-0.39, 0.29) is 11.3 Å². The highest BCUT2D eigenvalue weighted by Gasteiger charge is 2.33. The average molecular weight is 329 g/mol. The van der Waals surface area contributed by atoms with Crippen molar-refractivity contribution in [2.24, 2.45) is 0 Å². The van der Waals surface area contributed by atoms with E-state index in [1.807, 2.05) is 0 Å². The molecular weight excluding hydrogens is 319 g/mol.